The Bertz CT molecular complexity index is 931. The van der Waals surface area contributed by atoms with E-state index in [0.29, 0.717) is 11.8 Å². The van der Waals surface area contributed by atoms with Crippen LogP contribution in [0.15, 0.2) is 47.7 Å². The van der Waals surface area contributed by atoms with Crippen molar-refractivity contribution in [3.8, 4) is 0 Å². The van der Waals surface area contributed by atoms with Gasteiger partial charge in [-0.05, 0) is 47.8 Å². The number of anilines is 1. The molecule has 1 heterocycles. The van der Waals surface area contributed by atoms with Crippen molar-refractivity contribution in [2.24, 2.45) is 17.3 Å². The fourth-order valence-electron chi connectivity index (χ4n) is 4.75. The van der Waals surface area contributed by atoms with Gasteiger partial charge in [-0.1, -0.05) is 51.5 Å². The second-order valence-corrected chi connectivity index (χ2v) is 8.80. The molecular weight excluding hydrogens is 336 g/mol. The number of aromatic nitrogens is 2. The van der Waals surface area contributed by atoms with Gasteiger partial charge in [-0.25, -0.2) is 4.79 Å². The van der Waals surface area contributed by atoms with Crippen molar-refractivity contribution in [1.29, 1.82) is 0 Å². The summed E-state index contributed by atoms with van der Waals surface area (Å²) in [6.45, 7) is 9.17. The zero-order valence-electron chi connectivity index (χ0n) is 16.5. The van der Waals surface area contributed by atoms with E-state index in [-0.39, 0.29) is 17.5 Å². The molecule has 1 fully saturated rings. The maximum absolute atomic E-state index is 12.6. The summed E-state index contributed by atoms with van der Waals surface area (Å²) in [5, 5.41) is 14.1. The number of allylic oxidation sites excluding steroid dienone is 3. The molecule has 142 valence electrons. The van der Waals surface area contributed by atoms with Crippen LogP contribution in [-0.4, -0.2) is 22.3 Å². The van der Waals surface area contributed by atoms with Gasteiger partial charge in [-0.2, -0.15) is 5.10 Å². The summed E-state index contributed by atoms with van der Waals surface area (Å²) in [5.74, 6) is 1.06. The smallest absolute Gasteiger partial charge is 0.319 e. The summed E-state index contributed by atoms with van der Waals surface area (Å²) in [6, 6.07) is 5.70. The molecule has 4 rings (SSSR count). The van der Waals surface area contributed by atoms with Crippen LogP contribution in [0.25, 0.3) is 10.9 Å². The van der Waals surface area contributed by atoms with E-state index < -0.39 is 0 Å². The number of hydrogen-bond acceptors (Lipinski definition) is 2. The molecule has 1 aromatic carbocycles. The number of aromatic amines is 1. The van der Waals surface area contributed by atoms with Crippen molar-refractivity contribution in [1.82, 2.24) is 15.5 Å². The molecule has 0 bridgehead atoms. The Morgan fingerprint density at radius 3 is 2.81 bits per heavy atom. The van der Waals surface area contributed by atoms with Crippen LogP contribution in [0.3, 0.4) is 0 Å². The van der Waals surface area contributed by atoms with E-state index in [4.69, 9.17) is 0 Å². The Morgan fingerprint density at radius 1 is 1.22 bits per heavy atom. The normalized spacial score (nSPS) is 25.0. The predicted molar refractivity (Wildman–Crippen MR) is 110 cm³/mol. The third-order valence-corrected chi connectivity index (χ3v) is 6.05. The summed E-state index contributed by atoms with van der Waals surface area (Å²) in [4.78, 5) is 12.6. The average Bonchev–Trinajstić information content (AvgIpc) is 3.22. The molecule has 3 atom stereocenters. The molecule has 2 amide bonds. The van der Waals surface area contributed by atoms with Gasteiger partial charge in [-0.15, -0.1) is 0 Å². The van der Waals surface area contributed by atoms with Gasteiger partial charge in [0.15, 0.2) is 0 Å². The number of carbonyl (C=O) groups is 1. The molecule has 3 unspecified atom stereocenters. The van der Waals surface area contributed by atoms with Crippen LogP contribution in [0.2, 0.25) is 0 Å². The first kappa shape index (κ1) is 17.8. The zero-order chi connectivity index (χ0) is 19.2. The van der Waals surface area contributed by atoms with Gasteiger partial charge < -0.3 is 10.6 Å². The molecule has 0 spiro atoms. The monoisotopic (exact) mass is 364 g/mol. The Hall–Kier alpha value is -2.56. The largest absolute Gasteiger partial charge is 0.331 e. The number of urea groups is 1. The molecule has 0 aliphatic heterocycles. The van der Waals surface area contributed by atoms with Gasteiger partial charge in [-0.3, -0.25) is 5.10 Å². The lowest BCUT2D eigenvalue weighted by molar-refractivity contribution is 0.250. The highest BCUT2D eigenvalue weighted by molar-refractivity contribution is 6.00. The van der Waals surface area contributed by atoms with Gasteiger partial charge in [0, 0.05) is 5.39 Å². The number of fused-ring (bicyclic) bond motifs is 2. The van der Waals surface area contributed by atoms with E-state index in [2.05, 4.69) is 60.7 Å². The molecule has 1 aromatic heterocycles. The molecule has 2 aliphatic rings. The molecule has 1 saturated carbocycles. The summed E-state index contributed by atoms with van der Waals surface area (Å²) in [6.07, 6.45) is 8.39. The lowest BCUT2D eigenvalue weighted by Crippen LogP contribution is -2.38. The standard InChI is InChI=1S/C22H28N4O/c1-13-14-9-11-19(15(14)8-10-17(13)22(2,3)4)25-21(27)24-18-6-5-7-20-16(18)12-23-26-20/h5-8,10,12-14,19H,9,11H2,1-4H3,(H,23,26)(H2,24,25,27). The maximum Gasteiger partial charge on any atom is 0.319 e. The van der Waals surface area contributed by atoms with Crippen LogP contribution in [0.1, 0.15) is 40.5 Å². The molecule has 0 saturated heterocycles. The van der Waals surface area contributed by atoms with E-state index in [1.165, 1.54) is 11.1 Å². The van der Waals surface area contributed by atoms with E-state index in [9.17, 15) is 4.79 Å². The minimum atomic E-state index is -0.159. The first-order chi connectivity index (χ1) is 12.8. The third-order valence-electron chi connectivity index (χ3n) is 6.05. The average molecular weight is 364 g/mol. The highest BCUT2D eigenvalue weighted by Gasteiger charge is 2.39. The van der Waals surface area contributed by atoms with Gasteiger partial charge in [0.25, 0.3) is 0 Å². The maximum atomic E-state index is 12.6. The lowest BCUT2D eigenvalue weighted by Gasteiger charge is -2.35. The van der Waals surface area contributed by atoms with Gasteiger partial charge in [0.1, 0.15) is 0 Å². The SMILES string of the molecule is CC1C(C(C)(C)C)=CC=C2C(NC(=O)Nc3cccc4[nH]ncc34)CCC21. The number of rotatable bonds is 2. The summed E-state index contributed by atoms with van der Waals surface area (Å²) in [7, 11) is 0. The molecule has 5 nitrogen and oxygen atoms in total. The van der Waals surface area contributed by atoms with Crippen LogP contribution in [-0.2, 0) is 0 Å². The first-order valence-electron chi connectivity index (χ1n) is 9.76. The second-order valence-electron chi connectivity index (χ2n) is 8.80. The predicted octanol–water partition coefficient (Wildman–Crippen LogP) is 5.01. The first-order valence-corrected chi connectivity index (χ1v) is 9.76. The third kappa shape index (κ3) is 3.27. The number of hydrogen-bond donors (Lipinski definition) is 3. The Kier molecular flexibility index (Phi) is 4.33. The fourth-order valence-corrected chi connectivity index (χ4v) is 4.75. The van der Waals surface area contributed by atoms with Crippen molar-refractivity contribution in [2.45, 2.75) is 46.6 Å². The number of amides is 2. The highest BCUT2D eigenvalue weighted by atomic mass is 16.2. The summed E-state index contributed by atoms with van der Waals surface area (Å²) < 4.78 is 0. The van der Waals surface area contributed by atoms with E-state index >= 15 is 0 Å². The Labute approximate surface area is 160 Å². The van der Waals surface area contributed by atoms with Crippen LogP contribution < -0.4 is 10.6 Å². The number of benzene rings is 1. The van der Waals surface area contributed by atoms with Crippen LogP contribution in [0.5, 0.6) is 0 Å². The van der Waals surface area contributed by atoms with Gasteiger partial charge in [0.2, 0.25) is 0 Å². The fraction of sp³-hybridized carbons (Fsp3) is 0.455. The molecule has 0 radical (unpaired) electrons. The van der Waals surface area contributed by atoms with Gasteiger partial charge in [0.05, 0.1) is 23.4 Å². The quantitative estimate of drug-likeness (QED) is 0.701. The summed E-state index contributed by atoms with van der Waals surface area (Å²) in [5.41, 5.74) is 4.75. The molecule has 27 heavy (non-hydrogen) atoms. The van der Waals surface area contributed by atoms with E-state index in [1.54, 1.807) is 6.20 Å². The summed E-state index contributed by atoms with van der Waals surface area (Å²) >= 11 is 0. The lowest BCUT2D eigenvalue weighted by atomic mass is 9.70. The molecule has 2 aliphatic carbocycles. The van der Waals surface area contributed by atoms with Crippen molar-refractivity contribution in [3.05, 3.63) is 47.7 Å². The molecular formula is C22H28N4O. The molecule has 2 aromatic rings. The van der Waals surface area contributed by atoms with Crippen molar-refractivity contribution in [2.75, 3.05) is 5.32 Å². The number of nitrogens with one attached hydrogen (secondary N) is 3. The molecule has 5 heteroatoms. The van der Waals surface area contributed by atoms with Crippen LogP contribution >= 0.6 is 0 Å². The van der Waals surface area contributed by atoms with Crippen LogP contribution in [0, 0.1) is 17.3 Å². The highest BCUT2D eigenvalue weighted by Crippen LogP contribution is 2.46. The Balaban J connectivity index is 1.49. The minimum Gasteiger partial charge on any atom is -0.331 e. The van der Waals surface area contributed by atoms with Crippen molar-refractivity contribution >= 4 is 22.6 Å². The van der Waals surface area contributed by atoms with Crippen molar-refractivity contribution < 1.29 is 4.79 Å². The number of carbonyl (C=O) groups excluding carboxylic acids is 1. The second kappa shape index (κ2) is 6.55. The van der Waals surface area contributed by atoms with Crippen molar-refractivity contribution in [3.63, 3.8) is 0 Å². The minimum absolute atomic E-state index is 0.110. The molecule has 3 N–H and O–H groups in total. The zero-order valence-corrected chi connectivity index (χ0v) is 16.5. The Morgan fingerprint density at radius 2 is 2.04 bits per heavy atom. The number of nitrogens with zero attached hydrogens (tertiary/aromatic N) is 1. The van der Waals surface area contributed by atoms with Crippen LogP contribution in [0.4, 0.5) is 10.5 Å². The number of H-pyrrole nitrogens is 1. The van der Waals surface area contributed by atoms with E-state index in [1.807, 2.05) is 18.2 Å². The van der Waals surface area contributed by atoms with Gasteiger partial charge >= 0.3 is 6.03 Å². The van der Waals surface area contributed by atoms with E-state index in [0.717, 1.165) is 29.4 Å². The topological polar surface area (TPSA) is 69.8 Å².